The first-order valence-electron chi connectivity index (χ1n) is 8.28. The van der Waals surface area contributed by atoms with Crippen molar-refractivity contribution in [3.63, 3.8) is 0 Å². The molecular weight excluding hydrogens is 383 g/mol. The third kappa shape index (κ3) is 5.05. The van der Waals surface area contributed by atoms with Crippen molar-refractivity contribution in [1.82, 2.24) is 4.98 Å². The number of anilines is 4. The van der Waals surface area contributed by atoms with Gasteiger partial charge in [0.1, 0.15) is 11.6 Å². The summed E-state index contributed by atoms with van der Waals surface area (Å²) in [5.74, 6) is -0.658. The van der Waals surface area contributed by atoms with Gasteiger partial charge in [-0.3, -0.25) is 9.59 Å². The molecule has 0 aliphatic rings. The quantitative estimate of drug-likeness (QED) is 0.575. The minimum Gasteiger partial charge on any atom is -0.340 e. The molecule has 2 amide bonds. The summed E-state index contributed by atoms with van der Waals surface area (Å²) in [6, 6.07) is 14.1. The molecule has 0 unspecified atom stereocenters. The zero-order chi connectivity index (χ0) is 20.1. The van der Waals surface area contributed by atoms with Gasteiger partial charge in [-0.2, -0.15) is 0 Å². The van der Waals surface area contributed by atoms with Crippen LogP contribution in [0.1, 0.15) is 17.3 Å². The number of aromatic nitrogens is 1. The van der Waals surface area contributed by atoms with Gasteiger partial charge < -0.3 is 16.0 Å². The normalized spacial score (nSPS) is 10.2. The zero-order valence-electron chi connectivity index (χ0n) is 14.8. The molecule has 3 N–H and O–H groups in total. The van der Waals surface area contributed by atoms with E-state index < -0.39 is 5.82 Å². The maximum atomic E-state index is 13.3. The van der Waals surface area contributed by atoms with E-state index in [9.17, 15) is 14.0 Å². The Morgan fingerprint density at radius 2 is 1.71 bits per heavy atom. The van der Waals surface area contributed by atoms with Crippen LogP contribution in [0.5, 0.6) is 0 Å². The lowest BCUT2D eigenvalue weighted by Gasteiger charge is -2.10. The lowest BCUT2D eigenvalue weighted by molar-refractivity contribution is -0.114. The summed E-state index contributed by atoms with van der Waals surface area (Å²) in [5.41, 5.74) is 2.03. The number of hydrogen-bond donors (Lipinski definition) is 3. The number of nitrogens with one attached hydrogen (secondary N) is 3. The van der Waals surface area contributed by atoms with Crippen LogP contribution >= 0.6 is 11.6 Å². The molecule has 0 atom stereocenters. The zero-order valence-corrected chi connectivity index (χ0v) is 15.5. The van der Waals surface area contributed by atoms with Gasteiger partial charge in [0.2, 0.25) is 5.91 Å². The Balaban J connectivity index is 1.73. The summed E-state index contributed by atoms with van der Waals surface area (Å²) in [5, 5.41) is 8.37. The fourth-order valence-corrected chi connectivity index (χ4v) is 2.62. The van der Waals surface area contributed by atoms with Crippen LogP contribution in [0, 0.1) is 5.82 Å². The second-order valence-electron chi connectivity index (χ2n) is 5.90. The van der Waals surface area contributed by atoms with E-state index in [4.69, 9.17) is 11.6 Å². The first kappa shape index (κ1) is 19.3. The van der Waals surface area contributed by atoms with Crippen LogP contribution in [0.25, 0.3) is 0 Å². The Morgan fingerprint density at radius 3 is 2.43 bits per heavy atom. The fourth-order valence-electron chi connectivity index (χ4n) is 2.44. The molecule has 0 fully saturated rings. The molecule has 0 aliphatic heterocycles. The van der Waals surface area contributed by atoms with Crippen LogP contribution in [0.3, 0.4) is 0 Å². The lowest BCUT2D eigenvalue weighted by atomic mass is 10.2. The highest BCUT2D eigenvalue weighted by Crippen LogP contribution is 2.22. The first-order chi connectivity index (χ1) is 13.4. The summed E-state index contributed by atoms with van der Waals surface area (Å²) in [4.78, 5) is 27.8. The van der Waals surface area contributed by atoms with Crippen LogP contribution in [-0.2, 0) is 4.79 Å². The fraction of sp³-hybridized carbons (Fsp3) is 0.0500. The molecule has 1 heterocycles. The van der Waals surface area contributed by atoms with Gasteiger partial charge in [0.05, 0.1) is 5.02 Å². The third-order valence-electron chi connectivity index (χ3n) is 3.65. The predicted octanol–water partition coefficient (Wildman–Crippen LogP) is 4.83. The highest BCUT2D eigenvalue weighted by Gasteiger charge is 2.09. The van der Waals surface area contributed by atoms with Crippen LogP contribution in [0.4, 0.5) is 27.3 Å². The monoisotopic (exact) mass is 398 g/mol. The van der Waals surface area contributed by atoms with Gasteiger partial charge in [0.15, 0.2) is 0 Å². The van der Waals surface area contributed by atoms with Crippen LogP contribution < -0.4 is 16.0 Å². The molecule has 0 aliphatic carbocycles. The van der Waals surface area contributed by atoms with Gasteiger partial charge in [0, 0.05) is 35.7 Å². The standard InChI is InChI=1S/C20H16ClFN4O2/c1-12(27)24-14-3-2-4-15(10-14)26-20(28)13-7-8-23-19(9-13)25-16-5-6-18(22)17(21)11-16/h2-11H,1H3,(H,23,25)(H,24,27)(H,26,28). The summed E-state index contributed by atoms with van der Waals surface area (Å²) in [6.07, 6.45) is 1.48. The van der Waals surface area contributed by atoms with E-state index in [1.54, 1.807) is 36.4 Å². The Hall–Kier alpha value is -3.45. The van der Waals surface area contributed by atoms with Gasteiger partial charge in [-0.1, -0.05) is 17.7 Å². The smallest absolute Gasteiger partial charge is 0.255 e. The lowest BCUT2D eigenvalue weighted by Crippen LogP contribution is -2.13. The minimum absolute atomic E-state index is 0.0158. The van der Waals surface area contributed by atoms with E-state index in [0.717, 1.165) is 0 Å². The molecular formula is C20H16ClFN4O2. The topological polar surface area (TPSA) is 83.1 Å². The Morgan fingerprint density at radius 1 is 0.964 bits per heavy atom. The maximum Gasteiger partial charge on any atom is 0.255 e. The van der Waals surface area contributed by atoms with Crippen molar-refractivity contribution >= 4 is 46.3 Å². The number of carbonyl (C=O) groups is 2. The van der Waals surface area contributed by atoms with Gasteiger partial charge in [-0.15, -0.1) is 0 Å². The molecule has 0 spiro atoms. The van der Waals surface area contributed by atoms with Crippen molar-refractivity contribution in [2.45, 2.75) is 6.92 Å². The van der Waals surface area contributed by atoms with Gasteiger partial charge >= 0.3 is 0 Å². The Bertz CT molecular complexity index is 1040. The van der Waals surface area contributed by atoms with Gasteiger partial charge in [0.25, 0.3) is 5.91 Å². The van der Waals surface area contributed by atoms with E-state index in [-0.39, 0.29) is 16.8 Å². The maximum absolute atomic E-state index is 13.3. The summed E-state index contributed by atoms with van der Waals surface area (Å²) in [7, 11) is 0. The summed E-state index contributed by atoms with van der Waals surface area (Å²) in [6.45, 7) is 1.41. The summed E-state index contributed by atoms with van der Waals surface area (Å²) < 4.78 is 13.3. The van der Waals surface area contributed by atoms with Crippen molar-refractivity contribution in [2.24, 2.45) is 0 Å². The van der Waals surface area contributed by atoms with Crippen molar-refractivity contribution in [3.8, 4) is 0 Å². The number of pyridine rings is 1. The van der Waals surface area contributed by atoms with Gasteiger partial charge in [-0.25, -0.2) is 9.37 Å². The minimum atomic E-state index is -0.519. The van der Waals surface area contributed by atoms with Crippen molar-refractivity contribution in [1.29, 1.82) is 0 Å². The molecule has 0 bridgehead atoms. The molecule has 28 heavy (non-hydrogen) atoms. The number of rotatable bonds is 5. The van der Waals surface area contributed by atoms with Crippen LogP contribution in [-0.4, -0.2) is 16.8 Å². The van der Waals surface area contributed by atoms with Crippen molar-refractivity contribution < 1.29 is 14.0 Å². The van der Waals surface area contributed by atoms with Crippen LogP contribution in [0.2, 0.25) is 5.02 Å². The first-order valence-corrected chi connectivity index (χ1v) is 8.65. The van der Waals surface area contributed by atoms with E-state index >= 15 is 0 Å². The largest absolute Gasteiger partial charge is 0.340 e. The van der Waals surface area contributed by atoms with Gasteiger partial charge in [-0.05, 0) is 48.5 Å². The summed E-state index contributed by atoms with van der Waals surface area (Å²) >= 11 is 5.77. The number of hydrogen-bond acceptors (Lipinski definition) is 4. The van der Waals surface area contributed by atoms with E-state index in [1.165, 1.54) is 31.3 Å². The average Bonchev–Trinajstić information content (AvgIpc) is 2.65. The highest BCUT2D eigenvalue weighted by atomic mass is 35.5. The molecule has 142 valence electrons. The molecule has 1 aromatic heterocycles. The predicted molar refractivity (Wildman–Crippen MR) is 108 cm³/mol. The molecule has 0 saturated heterocycles. The van der Waals surface area contributed by atoms with Crippen molar-refractivity contribution in [3.05, 3.63) is 77.2 Å². The SMILES string of the molecule is CC(=O)Nc1cccc(NC(=O)c2ccnc(Nc3ccc(F)c(Cl)c3)c2)c1. The molecule has 3 rings (SSSR count). The third-order valence-corrected chi connectivity index (χ3v) is 3.94. The molecule has 3 aromatic rings. The number of carbonyl (C=O) groups excluding carboxylic acids is 2. The number of benzene rings is 2. The molecule has 0 radical (unpaired) electrons. The van der Waals surface area contributed by atoms with E-state index in [1.807, 2.05) is 0 Å². The number of halogens is 2. The van der Waals surface area contributed by atoms with E-state index in [2.05, 4.69) is 20.9 Å². The number of nitrogens with zero attached hydrogens (tertiary/aromatic N) is 1. The molecule has 0 saturated carbocycles. The Labute approximate surface area is 165 Å². The second kappa shape index (κ2) is 8.49. The van der Waals surface area contributed by atoms with Crippen LogP contribution in [0.15, 0.2) is 60.8 Å². The molecule has 8 heteroatoms. The second-order valence-corrected chi connectivity index (χ2v) is 6.31. The number of amides is 2. The average molecular weight is 399 g/mol. The Kier molecular flexibility index (Phi) is 5.86. The molecule has 2 aromatic carbocycles. The molecule has 6 nitrogen and oxygen atoms in total. The van der Waals surface area contributed by atoms with Crippen molar-refractivity contribution in [2.75, 3.05) is 16.0 Å². The van der Waals surface area contributed by atoms with E-state index in [0.29, 0.717) is 28.4 Å². The highest BCUT2D eigenvalue weighted by molar-refractivity contribution is 6.31.